The maximum atomic E-state index is 3.88. The molecule has 176 valence electrons. The maximum absolute atomic E-state index is 3.88. The van der Waals surface area contributed by atoms with Crippen LogP contribution in [0.5, 0.6) is 0 Å². The van der Waals surface area contributed by atoms with Crippen molar-refractivity contribution in [1.29, 1.82) is 0 Å². The molecule has 0 spiro atoms. The first-order valence-corrected chi connectivity index (χ1v) is 12.0. The van der Waals surface area contributed by atoms with Crippen LogP contribution in [-0.2, 0) is 0 Å². The van der Waals surface area contributed by atoms with Crippen molar-refractivity contribution in [1.82, 2.24) is 9.80 Å². The van der Waals surface area contributed by atoms with E-state index in [2.05, 4.69) is 117 Å². The lowest BCUT2D eigenvalue weighted by atomic mass is 9.83. The van der Waals surface area contributed by atoms with Gasteiger partial charge in [-0.05, 0) is 69.7 Å². The molecular weight excluding hydrogens is 364 g/mol. The Morgan fingerprint density at radius 2 is 1.37 bits per heavy atom. The van der Waals surface area contributed by atoms with E-state index < -0.39 is 0 Å². The van der Waals surface area contributed by atoms with Crippen molar-refractivity contribution in [2.24, 2.45) is 16.7 Å². The average Bonchev–Trinajstić information content (AvgIpc) is 2.69. The van der Waals surface area contributed by atoms with Crippen LogP contribution in [0.4, 0.5) is 0 Å². The maximum Gasteiger partial charge on any atom is 0.0165 e. The second kappa shape index (κ2) is 16.4. The molecular formula is C28H54N2. The number of allylic oxidation sites excluding steroid dienone is 4. The van der Waals surface area contributed by atoms with Crippen LogP contribution in [0.2, 0.25) is 0 Å². The van der Waals surface area contributed by atoms with E-state index in [1.807, 2.05) is 6.08 Å². The summed E-state index contributed by atoms with van der Waals surface area (Å²) in [6, 6.07) is 0. The van der Waals surface area contributed by atoms with Crippen molar-refractivity contribution in [2.45, 2.75) is 82.1 Å². The molecule has 0 saturated carbocycles. The number of nitrogens with zero attached hydrogens (tertiary/aromatic N) is 2. The molecule has 0 aromatic carbocycles. The smallest absolute Gasteiger partial charge is 0.0165 e. The van der Waals surface area contributed by atoms with Crippen LogP contribution >= 0.6 is 0 Å². The lowest BCUT2D eigenvalue weighted by molar-refractivity contribution is 0.335. The molecule has 0 bridgehead atoms. The highest BCUT2D eigenvalue weighted by atomic mass is 15.1. The van der Waals surface area contributed by atoms with Crippen molar-refractivity contribution in [2.75, 3.05) is 32.7 Å². The molecule has 1 atom stereocenters. The summed E-state index contributed by atoms with van der Waals surface area (Å²) < 4.78 is 0. The van der Waals surface area contributed by atoms with E-state index in [0.717, 1.165) is 45.6 Å². The molecule has 0 saturated heterocycles. The summed E-state index contributed by atoms with van der Waals surface area (Å²) in [7, 11) is 0. The van der Waals surface area contributed by atoms with Crippen LogP contribution < -0.4 is 0 Å². The van der Waals surface area contributed by atoms with Gasteiger partial charge in [0, 0.05) is 19.6 Å². The van der Waals surface area contributed by atoms with Gasteiger partial charge in [0.15, 0.2) is 0 Å². The Labute approximate surface area is 190 Å². The molecule has 0 aliphatic heterocycles. The van der Waals surface area contributed by atoms with Gasteiger partial charge in [0.25, 0.3) is 0 Å². The van der Waals surface area contributed by atoms with Crippen LogP contribution in [0.25, 0.3) is 0 Å². The first kappa shape index (κ1) is 30.9. The van der Waals surface area contributed by atoms with E-state index in [1.54, 1.807) is 0 Å². The van der Waals surface area contributed by atoms with E-state index in [0.29, 0.717) is 5.92 Å². The quantitative estimate of drug-likeness (QED) is 0.264. The minimum absolute atomic E-state index is 0.226. The molecule has 0 amide bonds. The third-order valence-electron chi connectivity index (χ3n) is 5.72. The zero-order valence-electron chi connectivity index (χ0n) is 22.2. The molecule has 0 N–H and O–H groups in total. The highest BCUT2D eigenvalue weighted by molar-refractivity contribution is 5.06. The van der Waals surface area contributed by atoms with Gasteiger partial charge in [0.05, 0.1) is 0 Å². The zero-order chi connectivity index (χ0) is 23.8. The number of hydrogen-bond acceptors (Lipinski definition) is 2. The largest absolute Gasteiger partial charge is 0.378 e. The Kier molecular flexibility index (Phi) is 16.9. The van der Waals surface area contributed by atoms with Crippen LogP contribution in [0.1, 0.15) is 82.1 Å². The van der Waals surface area contributed by atoms with Gasteiger partial charge in [-0.15, -0.1) is 13.2 Å². The highest BCUT2D eigenvalue weighted by Gasteiger charge is 2.15. The summed E-state index contributed by atoms with van der Waals surface area (Å²) in [5, 5.41) is 0. The molecule has 0 aromatic rings. The number of hydrogen-bond donors (Lipinski definition) is 0. The van der Waals surface area contributed by atoms with E-state index in [-0.39, 0.29) is 10.8 Å². The second-order valence-corrected chi connectivity index (χ2v) is 9.84. The monoisotopic (exact) mass is 418 g/mol. The van der Waals surface area contributed by atoms with E-state index >= 15 is 0 Å². The second-order valence-electron chi connectivity index (χ2n) is 9.84. The normalized spacial score (nSPS) is 13.8. The molecule has 0 aliphatic rings. The van der Waals surface area contributed by atoms with Gasteiger partial charge in [0.2, 0.25) is 0 Å². The predicted octanol–water partition coefficient (Wildman–Crippen LogP) is 7.96. The third kappa shape index (κ3) is 16.5. The van der Waals surface area contributed by atoms with Crippen LogP contribution in [0.3, 0.4) is 0 Å². The first-order chi connectivity index (χ1) is 13.9. The van der Waals surface area contributed by atoms with Crippen molar-refractivity contribution >= 4 is 0 Å². The Hall–Kier alpha value is -1.28. The van der Waals surface area contributed by atoms with Gasteiger partial charge in [0.1, 0.15) is 0 Å². The van der Waals surface area contributed by atoms with Crippen LogP contribution in [0, 0.1) is 16.7 Å². The minimum Gasteiger partial charge on any atom is -0.378 e. The highest BCUT2D eigenvalue weighted by Crippen LogP contribution is 2.27. The molecule has 0 heterocycles. The summed E-state index contributed by atoms with van der Waals surface area (Å²) >= 11 is 0. The van der Waals surface area contributed by atoms with Crippen molar-refractivity contribution < 1.29 is 0 Å². The lowest BCUT2D eigenvalue weighted by Gasteiger charge is -2.23. The molecule has 0 rings (SSSR count). The van der Waals surface area contributed by atoms with Crippen LogP contribution in [-0.4, -0.2) is 42.5 Å². The fourth-order valence-corrected chi connectivity index (χ4v) is 3.31. The summed E-state index contributed by atoms with van der Waals surface area (Å²) in [6.07, 6.45) is 13.2. The SMILES string of the molecule is C=CC(C)(C)C/C(C)=C/CN(CC)CC.C=CC(C)(C)CC(C)/C=C/N(CC)CC. The standard InChI is InChI=1S/2C14H27N/c2*1-7-14(5,6)12-13(4)10-11-15(8-2)9-3/h7,10H,1,8-9,11-12H2,2-6H3;7,10-11,13H,1,8-9,12H2,2-6H3/b13-10+;11-10+. The van der Waals surface area contributed by atoms with Crippen molar-refractivity contribution in [3.05, 3.63) is 49.2 Å². The summed E-state index contributed by atoms with van der Waals surface area (Å²) in [6.45, 7) is 35.5. The van der Waals surface area contributed by atoms with Gasteiger partial charge in [-0.2, -0.15) is 0 Å². The van der Waals surface area contributed by atoms with Gasteiger partial charge >= 0.3 is 0 Å². The number of likely N-dealkylation sites (N-methyl/N-ethyl adjacent to an activating group) is 1. The lowest BCUT2D eigenvalue weighted by Crippen LogP contribution is -2.23. The molecule has 0 aliphatic carbocycles. The van der Waals surface area contributed by atoms with Gasteiger partial charge in [-0.25, -0.2) is 0 Å². The van der Waals surface area contributed by atoms with E-state index in [4.69, 9.17) is 0 Å². The van der Waals surface area contributed by atoms with Crippen molar-refractivity contribution in [3.8, 4) is 0 Å². The molecule has 1 unspecified atom stereocenters. The first-order valence-electron chi connectivity index (χ1n) is 12.0. The van der Waals surface area contributed by atoms with E-state index in [9.17, 15) is 0 Å². The average molecular weight is 419 g/mol. The molecule has 30 heavy (non-hydrogen) atoms. The molecule has 0 aromatic heterocycles. The topological polar surface area (TPSA) is 6.48 Å². The minimum atomic E-state index is 0.226. The summed E-state index contributed by atoms with van der Waals surface area (Å²) in [5.74, 6) is 0.610. The molecule has 0 radical (unpaired) electrons. The van der Waals surface area contributed by atoms with Gasteiger partial charge < -0.3 is 9.80 Å². The Balaban J connectivity index is 0. The fraction of sp³-hybridized carbons (Fsp3) is 0.714. The zero-order valence-corrected chi connectivity index (χ0v) is 22.2. The fourth-order valence-electron chi connectivity index (χ4n) is 3.31. The summed E-state index contributed by atoms with van der Waals surface area (Å²) in [5.41, 5.74) is 1.93. The van der Waals surface area contributed by atoms with E-state index in [1.165, 1.54) is 5.57 Å². The van der Waals surface area contributed by atoms with Crippen LogP contribution in [0.15, 0.2) is 49.2 Å². The number of rotatable bonds is 14. The molecule has 0 fully saturated rings. The third-order valence-corrected chi connectivity index (χ3v) is 5.72. The predicted molar refractivity (Wildman–Crippen MR) is 140 cm³/mol. The Morgan fingerprint density at radius 3 is 1.77 bits per heavy atom. The Bertz CT molecular complexity index is 503. The Morgan fingerprint density at radius 1 is 0.867 bits per heavy atom. The van der Waals surface area contributed by atoms with Gasteiger partial charge in [-0.3, -0.25) is 0 Å². The van der Waals surface area contributed by atoms with Gasteiger partial charge in [-0.1, -0.05) is 78.3 Å². The molecule has 2 heteroatoms. The summed E-state index contributed by atoms with van der Waals surface area (Å²) in [4.78, 5) is 4.74. The molecule has 2 nitrogen and oxygen atoms in total. The van der Waals surface area contributed by atoms with Crippen molar-refractivity contribution in [3.63, 3.8) is 0 Å².